The van der Waals surface area contributed by atoms with Gasteiger partial charge in [0.15, 0.2) is 0 Å². The maximum absolute atomic E-state index is 9.22. The molecule has 0 radical (unpaired) electrons. The summed E-state index contributed by atoms with van der Waals surface area (Å²) in [6.45, 7) is 1.19. The van der Waals surface area contributed by atoms with Crippen molar-refractivity contribution in [2.24, 2.45) is 0 Å². The van der Waals surface area contributed by atoms with Gasteiger partial charge in [-0.1, -0.05) is 34.1 Å². The average molecular weight is 318 g/mol. The summed E-state index contributed by atoms with van der Waals surface area (Å²) >= 11 is 3.47. The molecule has 19 heavy (non-hydrogen) atoms. The molecule has 1 atom stereocenters. The van der Waals surface area contributed by atoms with E-state index < -0.39 is 0 Å². The Morgan fingerprint density at radius 3 is 2.58 bits per heavy atom. The Morgan fingerprint density at radius 1 is 1.11 bits per heavy atom. The lowest BCUT2D eigenvalue weighted by atomic mass is 9.99. The van der Waals surface area contributed by atoms with Crippen LogP contribution in [0, 0.1) is 0 Å². The number of anilines is 2. The zero-order valence-electron chi connectivity index (χ0n) is 10.6. The Balaban J connectivity index is 1.98. The van der Waals surface area contributed by atoms with Gasteiger partial charge in [0.05, 0.1) is 0 Å². The number of halogens is 1. The van der Waals surface area contributed by atoms with Gasteiger partial charge in [-0.15, -0.1) is 0 Å². The highest BCUT2D eigenvalue weighted by Gasteiger charge is 2.28. The Bertz CT molecular complexity index is 567. The molecule has 0 amide bonds. The van der Waals surface area contributed by atoms with Crippen LogP contribution >= 0.6 is 15.9 Å². The molecule has 0 fully saturated rings. The van der Waals surface area contributed by atoms with E-state index in [-0.39, 0.29) is 6.61 Å². The van der Waals surface area contributed by atoms with Crippen molar-refractivity contribution in [1.29, 1.82) is 0 Å². The van der Waals surface area contributed by atoms with Gasteiger partial charge in [-0.25, -0.2) is 0 Å². The Kier molecular flexibility index (Phi) is 3.58. The van der Waals surface area contributed by atoms with Gasteiger partial charge >= 0.3 is 0 Å². The summed E-state index contributed by atoms with van der Waals surface area (Å²) in [5, 5.41) is 9.22. The summed E-state index contributed by atoms with van der Waals surface area (Å²) in [7, 11) is 0. The van der Waals surface area contributed by atoms with Crippen molar-refractivity contribution in [3.8, 4) is 0 Å². The van der Waals surface area contributed by atoms with Crippen molar-refractivity contribution >= 4 is 27.3 Å². The molecule has 1 aliphatic heterocycles. The van der Waals surface area contributed by atoms with Gasteiger partial charge in [-0.3, -0.25) is 0 Å². The maximum Gasteiger partial charge on any atom is 0.0447 e. The number of para-hydroxylation sites is 1. The van der Waals surface area contributed by atoms with Crippen molar-refractivity contribution in [3.63, 3.8) is 0 Å². The van der Waals surface area contributed by atoms with Gasteiger partial charge in [0.1, 0.15) is 0 Å². The lowest BCUT2D eigenvalue weighted by Gasteiger charge is -2.20. The molecular formula is C16H16BrNO. The topological polar surface area (TPSA) is 23.5 Å². The van der Waals surface area contributed by atoms with Crippen molar-refractivity contribution in [2.75, 3.05) is 18.1 Å². The summed E-state index contributed by atoms with van der Waals surface area (Å²) < 4.78 is 1.09. The second kappa shape index (κ2) is 5.35. The number of nitrogens with zero attached hydrogens (tertiary/aromatic N) is 1. The third-order valence-electron chi connectivity index (χ3n) is 3.69. The van der Waals surface area contributed by atoms with Crippen LogP contribution in [-0.2, 0) is 0 Å². The standard InChI is InChI=1S/C16H16BrNO/c17-13-5-7-14(8-6-13)18-11-12(9-10-19)15-3-1-2-4-16(15)18/h1-8,12,19H,9-11H2. The van der Waals surface area contributed by atoms with Crippen molar-refractivity contribution in [1.82, 2.24) is 0 Å². The Morgan fingerprint density at radius 2 is 1.84 bits per heavy atom. The summed E-state index contributed by atoms with van der Waals surface area (Å²) in [5.41, 5.74) is 3.82. The second-order valence-corrected chi connectivity index (χ2v) is 5.77. The molecule has 3 rings (SSSR count). The molecule has 1 heterocycles. The van der Waals surface area contributed by atoms with Crippen LogP contribution in [0.3, 0.4) is 0 Å². The predicted molar refractivity (Wildman–Crippen MR) is 82.0 cm³/mol. The summed E-state index contributed by atoms with van der Waals surface area (Å²) in [4.78, 5) is 2.34. The van der Waals surface area contributed by atoms with Crippen LogP contribution in [0.4, 0.5) is 11.4 Å². The van der Waals surface area contributed by atoms with Crippen molar-refractivity contribution < 1.29 is 5.11 Å². The molecule has 0 saturated carbocycles. The van der Waals surface area contributed by atoms with E-state index in [2.05, 4.69) is 69.4 Å². The van der Waals surface area contributed by atoms with E-state index >= 15 is 0 Å². The SMILES string of the molecule is OCCC1CN(c2ccc(Br)cc2)c2ccccc21. The highest BCUT2D eigenvalue weighted by Crippen LogP contribution is 2.42. The van der Waals surface area contributed by atoms with E-state index in [1.165, 1.54) is 16.9 Å². The molecule has 1 unspecified atom stereocenters. The Labute approximate surface area is 121 Å². The number of aliphatic hydroxyl groups is 1. The minimum Gasteiger partial charge on any atom is -0.396 e. The van der Waals surface area contributed by atoms with E-state index in [0.29, 0.717) is 5.92 Å². The van der Waals surface area contributed by atoms with Crippen LogP contribution in [0.2, 0.25) is 0 Å². The van der Waals surface area contributed by atoms with E-state index in [1.54, 1.807) is 0 Å². The number of benzene rings is 2. The van der Waals surface area contributed by atoms with Crippen LogP contribution in [0.5, 0.6) is 0 Å². The largest absolute Gasteiger partial charge is 0.396 e. The molecule has 2 nitrogen and oxygen atoms in total. The number of fused-ring (bicyclic) bond motifs is 1. The molecule has 3 heteroatoms. The van der Waals surface area contributed by atoms with Crippen LogP contribution < -0.4 is 4.90 Å². The van der Waals surface area contributed by atoms with Gasteiger partial charge in [0.2, 0.25) is 0 Å². The summed E-state index contributed by atoms with van der Waals surface area (Å²) in [5.74, 6) is 0.421. The highest BCUT2D eigenvalue weighted by molar-refractivity contribution is 9.10. The van der Waals surface area contributed by atoms with Gasteiger partial charge in [-0.2, -0.15) is 0 Å². The summed E-state index contributed by atoms with van der Waals surface area (Å²) in [6.07, 6.45) is 0.823. The molecule has 98 valence electrons. The highest BCUT2D eigenvalue weighted by atomic mass is 79.9. The van der Waals surface area contributed by atoms with Crippen LogP contribution in [0.15, 0.2) is 53.0 Å². The van der Waals surface area contributed by atoms with Gasteiger partial charge in [-0.05, 0) is 42.3 Å². The molecule has 0 aromatic heterocycles. The van der Waals surface area contributed by atoms with E-state index in [1.807, 2.05) is 0 Å². The van der Waals surface area contributed by atoms with E-state index in [0.717, 1.165) is 17.4 Å². The van der Waals surface area contributed by atoms with Gasteiger partial charge in [0, 0.05) is 34.9 Å². The summed E-state index contributed by atoms with van der Waals surface area (Å²) in [6, 6.07) is 16.9. The van der Waals surface area contributed by atoms with Gasteiger partial charge < -0.3 is 10.0 Å². The van der Waals surface area contributed by atoms with E-state index in [9.17, 15) is 5.11 Å². The number of aliphatic hydroxyl groups excluding tert-OH is 1. The average Bonchev–Trinajstić information content (AvgIpc) is 2.80. The first-order valence-electron chi connectivity index (χ1n) is 6.52. The minimum atomic E-state index is 0.243. The van der Waals surface area contributed by atoms with E-state index in [4.69, 9.17) is 0 Å². The third-order valence-corrected chi connectivity index (χ3v) is 4.21. The fraction of sp³-hybridized carbons (Fsp3) is 0.250. The fourth-order valence-electron chi connectivity index (χ4n) is 2.76. The third kappa shape index (κ3) is 2.40. The smallest absolute Gasteiger partial charge is 0.0447 e. The maximum atomic E-state index is 9.22. The molecule has 0 spiro atoms. The predicted octanol–water partition coefficient (Wildman–Crippen LogP) is 4.07. The number of rotatable bonds is 3. The molecule has 0 aliphatic carbocycles. The molecule has 1 N–H and O–H groups in total. The molecule has 2 aromatic carbocycles. The lowest BCUT2D eigenvalue weighted by molar-refractivity contribution is 0.278. The first-order chi connectivity index (χ1) is 9.29. The van der Waals surface area contributed by atoms with Crippen LogP contribution in [-0.4, -0.2) is 18.3 Å². The quantitative estimate of drug-likeness (QED) is 0.922. The first kappa shape index (κ1) is 12.7. The lowest BCUT2D eigenvalue weighted by Crippen LogP contribution is -2.16. The number of hydrogen-bond acceptors (Lipinski definition) is 2. The molecular weight excluding hydrogens is 302 g/mol. The van der Waals surface area contributed by atoms with Crippen molar-refractivity contribution in [2.45, 2.75) is 12.3 Å². The van der Waals surface area contributed by atoms with Crippen LogP contribution in [0.25, 0.3) is 0 Å². The van der Waals surface area contributed by atoms with Crippen molar-refractivity contribution in [3.05, 3.63) is 58.6 Å². The second-order valence-electron chi connectivity index (χ2n) is 4.86. The first-order valence-corrected chi connectivity index (χ1v) is 7.32. The minimum absolute atomic E-state index is 0.243. The molecule has 1 aliphatic rings. The molecule has 0 bridgehead atoms. The van der Waals surface area contributed by atoms with Crippen LogP contribution in [0.1, 0.15) is 17.9 Å². The van der Waals surface area contributed by atoms with Gasteiger partial charge in [0.25, 0.3) is 0 Å². The fourth-order valence-corrected chi connectivity index (χ4v) is 3.03. The number of hydrogen-bond donors (Lipinski definition) is 1. The Hall–Kier alpha value is -1.32. The zero-order chi connectivity index (χ0) is 13.2. The normalized spacial score (nSPS) is 17.6. The zero-order valence-corrected chi connectivity index (χ0v) is 12.2. The monoisotopic (exact) mass is 317 g/mol. The molecule has 2 aromatic rings. The molecule has 0 saturated heterocycles.